The van der Waals surface area contributed by atoms with Crippen LogP contribution in [0.5, 0.6) is 0 Å². The summed E-state index contributed by atoms with van der Waals surface area (Å²) in [5.74, 6) is 0. The van der Waals surface area contributed by atoms with Crippen LogP contribution in [0.1, 0.15) is 43.9 Å². The molecule has 3 atom stereocenters. The molecule has 3 unspecified atom stereocenters. The Morgan fingerprint density at radius 3 is 2.78 bits per heavy atom. The third-order valence-corrected chi connectivity index (χ3v) is 4.60. The summed E-state index contributed by atoms with van der Waals surface area (Å²) in [7, 11) is 4.36. The molecule has 2 rings (SSSR count). The zero-order chi connectivity index (χ0) is 13.1. The Morgan fingerprint density at radius 2 is 2.11 bits per heavy atom. The number of hydrogen-bond donors (Lipinski definition) is 1. The fourth-order valence-corrected chi connectivity index (χ4v) is 3.14. The Bertz CT molecular complexity index is 388. The number of aryl methyl sites for hydroxylation is 1. The van der Waals surface area contributed by atoms with Crippen LogP contribution >= 0.6 is 0 Å². The molecular formula is C16H26N2. The van der Waals surface area contributed by atoms with Gasteiger partial charge in [-0.3, -0.25) is 4.90 Å². The Labute approximate surface area is 111 Å². The molecule has 0 amide bonds. The number of hydrogen-bond acceptors (Lipinski definition) is 2. The Morgan fingerprint density at radius 1 is 1.39 bits per heavy atom. The lowest BCUT2D eigenvalue weighted by molar-refractivity contribution is 0.131. The van der Waals surface area contributed by atoms with Crippen molar-refractivity contribution in [2.24, 2.45) is 0 Å². The Hall–Kier alpha value is -0.860. The lowest BCUT2D eigenvalue weighted by atomic mass is 9.83. The van der Waals surface area contributed by atoms with Crippen LogP contribution in [0.2, 0.25) is 0 Å². The molecule has 0 bridgehead atoms. The first-order valence-electron chi connectivity index (χ1n) is 7.16. The zero-order valence-corrected chi connectivity index (χ0v) is 12.1. The standard InChI is InChI=1S/C16H26N2/c1-5-12(2)18(4)15-11-10-13-8-6-7-9-14(13)16(15)17-3/h6-9,12,15-17H,5,10-11H2,1-4H3. The smallest absolute Gasteiger partial charge is 0.0478 e. The second kappa shape index (κ2) is 5.85. The largest absolute Gasteiger partial charge is 0.312 e. The highest BCUT2D eigenvalue weighted by molar-refractivity contribution is 5.34. The molecule has 0 spiro atoms. The highest BCUT2D eigenvalue weighted by Gasteiger charge is 2.32. The van der Waals surface area contributed by atoms with Gasteiger partial charge in [-0.2, -0.15) is 0 Å². The van der Waals surface area contributed by atoms with Gasteiger partial charge in [-0.1, -0.05) is 31.2 Å². The van der Waals surface area contributed by atoms with Gasteiger partial charge in [0.15, 0.2) is 0 Å². The fourth-order valence-electron chi connectivity index (χ4n) is 3.14. The van der Waals surface area contributed by atoms with Crippen molar-refractivity contribution in [1.82, 2.24) is 10.2 Å². The van der Waals surface area contributed by atoms with Gasteiger partial charge in [0.1, 0.15) is 0 Å². The second-order valence-electron chi connectivity index (χ2n) is 5.49. The molecule has 1 aromatic carbocycles. The summed E-state index contributed by atoms with van der Waals surface area (Å²) in [6.07, 6.45) is 3.67. The van der Waals surface area contributed by atoms with Crippen LogP contribution in [0.15, 0.2) is 24.3 Å². The van der Waals surface area contributed by atoms with Gasteiger partial charge in [-0.25, -0.2) is 0 Å². The van der Waals surface area contributed by atoms with Crippen molar-refractivity contribution in [3.05, 3.63) is 35.4 Å². The molecule has 0 radical (unpaired) electrons. The Kier molecular flexibility index (Phi) is 4.41. The summed E-state index contributed by atoms with van der Waals surface area (Å²) < 4.78 is 0. The normalized spacial score (nSPS) is 24.9. The van der Waals surface area contributed by atoms with Crippen LogP contribution in [0.3, 0.4) is 0 Å². The monoisotopic (exact) mass is 246 g/mol. The predicted octanol–water partition coefficient (Wildman–Crippen LogP) is 2.99. The quantitative estimate of drug-likeness (QED) is 0.878. The summed E-state index contributed by atoms with van der Waals surface area (Å²) in [6.45, 7) is 4.60. The first-order chi connectivity index (χ1) is 8.69. The van der Waals surface area contributed by atoms with Crippen LogP contribution in [0.4, 0.5) is 0 Å². The molecule has 2 heteroatoms. The van der Waals surface area contributed by atoms with Crippen molar-refractivity contribution in [1.29, 1.82) is 0 Å². The summed E-state index contributed by atoms with van der Waals surface area (Å²) in [6, 6.07) is 10.6. The molecule has 0 aromatic heterocycles. The van der Waals surface area contributed by atoms with E-state index in [0.717, 1.165) is 0 Å². The van der Waals surface area contributed by atoms with Gasteiger partial charge in [-0.05, 0) is 51.4 Å². The van der Waals surface area contributed by atoms with Crippen molar-refractivity contribution in [2.75, 3.05) is 14.1 Å². The Balaban J connectivity index is 2.25. The molecule has 18 heavy (non-hydrogen) atoms. The third kappa shape index (κ3) is 2.45. The van der Waals surface area contributed by atoms with E-state index in [-0.39, 0.29) is 0 Å². The molecule has 1 aliphatic rings. The van der Waals surface area contributed by atoms with Crippen molar-refractivity contribution in [3.8, 4) is 0 Å². The minimum atomic E-state index is 0.467. The van der Waals surface area contributed by atoms with Gasteiger partial charge in [0.25, 0.3) is 0 Å². The molecule has 1 aromatic rings. The van der Waals surface area contributed by atoms with Crippen LogP contribution in [-0.2, 0) is 6.42 Å². The average molecular weight is 246 g/mol. The van der Waals surface area contributed by atoms with Gasteiger partial charge in [-0.15, -0.1) is 0 Å². The molecule has 0 saturated heterocycles. The maximum Gasteiger partial charge on any atom is 0.0478 e. The second-order valence-corrected chi connectivity index (χ2v) is 5.49. The molecule has 1 N–H and O–H groups in total. The minimum absolute atomic E-state index is 0.467. The zero-order valence-electron chi connectivity index (χ0n) is 12.1. The summed E-state index contributed by atoms with van der Waals surface area (Å²) in [4.78, 5) is 2.55. The van der Waals surface area contributed by atoms with Crippen molar-refractivity contribution in [3.63, 3.8) is 0 Å². The van der Waals surface area contributed by atoms with Gasteiger partial charge in [0, 0.05) is 18.1 Å². The number of likely N-dealkylation sites (N-methyl/N-ethyl adjacent to an activating group) is 2. The molecule has 0 aliphatic heterocycles. The average Bonchev–Trinajstić information content (AvgIpc) is 2.44. The topological polar surface area (TPSA) is 15.3 Å². The van der Waals surface area contributed by atoms with E-state index in [4.69, 9.17) is 0 Å². The molecular weight excluding hydrogens is 220 g/mol. The number of nitrogens with zero attached hydrogens (tertiary/aromatic N) is 1. The number of nitrogens with one attached hydrogen (secondary N) is 1. The van der Waals surface area contributed by atoms with Crippen molar-refractivity contribution < 1.29 is 0 Å². The van der Waals surface area contributed by atoms with E-state index in [0.29, 0.717) is 18.1 Å². The third-order valence-electron chi connectivity index (χ3n) is 4.60. The fraction of sp³-hybridized carbons (Fsp3) is 0.625. The highest BCUT2D eigenvalue weighted by Crippen LogP contribution is 2.33. The predicted molar refractivity (Wildman–Crippen MR) is 77.9 cm³/mol. The SMILES string of the molecule is CCC(C)N(C)C1CCc2ccccc2C1NC. The van der Waals surface area contributed by atoms with E-state index in [1.807, 2.05) is 0 Å². The van der Waals surface area contributed by atoms with Crippen LogP contribution < -0.4 is 5.32 Å². The van der Waals surface area contributed by atoms with E-state index in [9.17, 15) is 0 Å². The summed E-state index contributed by atoms with van der Waals surface area (Å²) in [5.41, 5.74) is 3.01. The van der Waals surface area contributed by atoms with Gasteiger partial charge in [0.2, 0.25) is 0 Å². The molecule has 2 nitrogen and oxygen atoms in total. The van der Waals surface area contributed by atoms with E-state index in [1.165, 1.54) is 30.4 Å². The molecule has 0 saturated carbocycles. The van der Waals surface area contributed by atoms with Crippen molar-refractivity contribution >= 4 is 0 Å². The molecule has 1 aliphatic carbocycles. The summed E-state index contributed by atoms with van der Waals surface area (Å²) >= 11 is 0. The highest BCUT2D eigenvalue weighted by atomic mass is 15.2. The maximum absolute atomic E-state index is 3.53. The molecule has 0 heterocycles. The van der Waals surface area contributed by atoms with E-state index >= 15 is 0 Å². The number of fused-ring (bicyclic) bond motifs is 1. The van der Waals surface area contributed by atoms with Crippen molar-refractivity contribution in [2.45, 2.75) is 51.2 Å². The van der Waals surface area contributed by atoms with Crippen LogP contribution in [0, 0.1) is 0 Å². The first-order valence-corrected chi connectivity index (χ1v) is 7.16. The van der Waals surface area contributed by atoms with E-state index in [2.05, 4.69) is 62.4 Å². The molecule has 0 fully saturated rings. The maximum atomic E-state index is 3.53. The summed E-state index contributed by atoms with van der Waals surface area (Å²) in [5, 5.41) is 3.53. The lowest BCUT2D eigenvalue weighted by Gasteiger charge is -2.41. The van der Waals surface area contributed by atoms with E-state index in [1.54, 1.807) is 0 Å². The van der Waals surface area contributed by atoms with Gasteiger partial charge >= 0.3 is 0 Å². The van der Waals surface area contributed by atoms with Gasteiger partial charge in [0.05, 0.1) is 0 Å². The van der Waals surface area contributed by atoms with Crippen LogP contribution in [-0.4, -0.2) is 31.1 Å². The number of rotatable bonds is 4. The van der Waals surface area contributed by atoms with Crippen LogP contribution in [0.25, 0.3) is 0 Å². The first kappa shape index (κ1) is 13.6. The van der Waals surface area contributed by atoms with E-state index < -0.39 is 0 Å². The van der Waals surface area contributed by atoms with Gasteiger partial charge < -0.3 is 5.32 Å². The minimum Gasteiger partial charge on any atom is -0.312 e. The molecule has 100 valence electrons. The lowest BCUT2D eigenvalue weighted by Crippen LogP contribution is -2.47. The number of benzene rings is 1.